The molecule has 8 nitrogen and oxygen atoms in total. The van der Waals surface area contributed by atoms with Gasteiger partial charge in [-0.2, -0.15) is 5.10 Å². The Morgan fingerprint density at radius 2 is 1.74 bits per heavy atom. The van der Waals surface area contributed by atoms with E-state index in [9.17, 15) is 9.59 Å². The van der Waals surface area contributed by atoms with Gasteiger partial charge in [0, 0.05) is 18.0 Å². The molecule has 2 N–H and O–H groups in total. The first-order valence-electron chi connectivity index (χ1n) is 11.3. The molecule has 0 spiro atoms. The van der Waals surface area contributed by atoms with Gasteiger partial charge in [-0.25, -0.2) is 9.48 Å². The molecular formula is C26H33N5O3. The third-order valence-electron chi connectivity index (χ3n) is 5.38. The predicted octanol–water partition coefficient (Wildman–Crippen LogP) is 4.98. The lowest BCUT2D eigenvalue weighted by Gasteiger charge is -2.21. The van der Waals surface area contributed by atoms with Gasteiger partial charge in [0.1, 0.15) is 18.1 Å². The number of likely N-dealkylation sites (N-methyl/N-ethyl adjacent to an activating group) is 1. The number of aryl methyl sites for hydroxylation is 1. The predicted molar refractivity (Wildman–Crippen MR) is 135 cm³/mol. The minimum atomic E-state index is -0.385. The van der Waals surface area contributed by atoms with Gasteiger partial charge in [-0.15, -0.1) is 0 Å². The molecule has 1 heterocycles. The van der Waals surface area contributed by atoms with Gasteiger partial charge in [0.25, 0.3) is 0 Å². The zero-order valence-corrected chi connectivity index (χ0v) is 20.7. The monoisotopic (exact) mass is 463 g/mol. The third kappa shape index (κ3) is 5.95. The maximum absolute atomic E-state index is 13.0. The number of methoxy groups -OCH3 is 1. The van der Waals surface area contributed by atoms with E-state index in [1.807, 2.05) is 50.2 Å². The number of para-hydroxylation sites is 2. The number of nitrogens with zero attached hydrogens (tertiary/aromatic N) is 3. The lowest BCUT2D eigenvalue weighted by atomic mass is 9.92. The summed E-state index contributed by atoms with van der Waals surface area (Å²) in [5, 5.41) is 10.5. The number of carbonyl (C=O) groups is 2. The molecule has 3 aromatic rings. The van der Waals surface area contributed by atoms with Crippen molar-refractivity contribution < 1.29 is 14.3 Å². The highest BCUT2D eigenvalue weighted by atomic mass is 16.5. The van der Waals surface area contributed by atoms with E-state index in [0.29, 0.717) is 23.8 Å². The van der Waals surface area contributed by atoms with Crippen molar-refractivity contribution >= 4 is 23.4 Å². The SMILES string of the molecule is CCN(CC(=O)Nc1cc(C(C)(C)C)nn1-c1ccc(C)cc1)C(=O)Nc1ccccc1OC. The van der Waals surface area contributed by atoms with Crippen molar-refractivity contribution in [2.75, 3.05) is 30.8 Å². The minimum Gasteiger partial charge on any atom is -0.495 e. The molecule has 0 unspecified atom stereocenters. The molecule has 0 bridgehead atoms. The van der Waals surface area contributed by atoms with E-state index in [1.54, 1.807) is 30.0 Å². The minimum absolute atomic E-state index is 0.110. The molecule has 180 valence electrons. The highest BCUT2D eigenvalue weighted by Crippen LogP contribution is 2.27. The van der Waals surface area contributed by atoms with Crippen LogP contribution in [0.2, 0.25) is 0 Å². The number of amides is 3. The highest BCUT2D eigenvalue weighted by Gasteiger charge is 2.23. The van der Waals surface area contributed by atoms with Crippen LogP contribution in [0.3, 0.4) is 0 Å². The molecule has 0 fully saturated rings. The Bertz CT molecular complexity index is 1150. The fourth-order valence-electron chi connectivity index (χ4n) is 3.34. The second-order valence-corrected chi connectivity index (χ2v) is 9.10. The number of rotatable bonds is 7. The van der Waals surface area contributed by atoms with E-state index in [4.69, 9.17) is 9.84 Å². The van der Waals surface area contributed by atoms with Gasteiger partial charge in [0.2, 0.25) is 5.91 Å². The first-order chi connectivity index (χ1) is 16.1. The number of anilines is 2. The van der Waals surface area contributed by atoms with Gasteiger partial charge >= 0.3 is 6.03 Å². The molecule has 34 heavy (non-hydrogen) atoms. The van der Waals surface area contributed by atoms with Gasteiger partial charge in [-0.05, 0) is 38.1 Å². The van der Waals surface area contributed by atoms with Crippen molar-refractivity contribution in [3.05, 3.63) is 65.9 Å². The van der Waals surface area contributed by atoms with E-state index in [-0.39, 0.29) is 23.9 Å². The van der Waals surface area contributed by atoms with Crippen molar-refractivity contribution in [1.29, 1.82) is 0 Å². The molecule has 0 radical (unpaired) electrons. The largest absolute Gasteiger partial charge is 0.495 e. The summed E-state index contributed by atoms with van der Waals surface area (Å²) in [6.45, 7) is 10.3. The topological polar surface area (TPSA) is 88.5 Å². The van der Waals surface area contributed by atoms with Gasteiger partial charge < -0.3 is 20.3 Å². The Morgan fingerprint density at radius 1 is 1.06 bits per heavy atom. The summed E-state index contributed by atoms with van der Waals surface area (Å²) >= 11 is 0. The molecule has 3 amide bonds. The number of carbonyl (C=O) groups excluding carboxylic acids is 2. The van der Waals surface area contributed by atoms with E-state index in [1.165, 1.54) is 4.90 Å². The van der Waals surface area contributed by atoms with Crippen molar-refractivity contribution in [1.82, 2.24) is 14.7 Å². The van der Waals surface area contributed by atoms with Crippen LogP contribution in [-0.2, 0) is 10.2 Å². The van der Waals surface area contributed by atoms with Crippen molar-refractivity contribution in [2.24, 2.45) is 0 Å². The average molecular weight is 464 g/mol. The molecule has 0 aliphatic carbocycles. The van der Waals surface area contributed by atoms with E-state index in [2.05, 4.69) is 31.4 Å². The van der Waals surface area contributed by atoms with Crippen molar-refractivity contribution in [3.8, 4) is 11.4 Å². The van der Waals surface area contributed by atoms with Crippen molar-refractivity contribution in [2.45, 2.75) is 40.0 Å². The van der Waals surface area contributed by atoms with Gasteiger partial charge in [0.15, 0.2) is 0 Å². The van der Waals surface area contributed by atoms with Gasteiger partial charge in [0.05, 0.1) is 24.2 Å². The van der Waals surface area contributed by atoms with Crippen LogP contribution in [0.1, 0.15) is 39.0 Å². The summed E-state index contributed by atoms with van der Waals surface area (Å²) < 4.78 is 7.02. The molecule has 2 aromatic carbocycles. The van der Waals surface area contributed by atoms with Crippen LogP contribution in [0.4, 0.5) is 16.3 Å². The van der Waals surface area contributed by atoms with E-state index in [0.717, 1.165) is 16.9 Å². The second kappa shape index (κ2) is 10.4. The normalized spacial score (nSPS) is 11.1. The fraction of sp³-hybridized carbons (Fsp3) is 0.346. The number of hydrogen-bond acceptors (Lipinski definition) is 4. The van der Waals surface area contributed by atoms with Gasteiger partial charge in [-0.1, -0.05) is 50.6 Å². The molecule has 0 atom stereocenters. The first kappa shape index (κ1) is 24.8. The summed E-state index contributed by atoms with van der Waals surface area (Å²) in [6, 6.07) is 16.6. The first-order valence-corrected chi connectivity index (χ1v) is 11.3. The Morgan fingerprint density at radius 3 is 2.35 bits per heavy atom. The Hall–Kier alpha value is -3.81. The zero-order chi connectivity index (χ0) is 24.9. The molecular weight excluding hydrogens is 430 g/mol. The summed E-state index contributed by atoms with van der Waals surface area (Å²) in [5.74, 6) is 0.791. The van der Waals surface area contributed by atoms with Crippen LogP contribution >= 0.6 is 0 Å². The molecule has 0 aliphatic heterocycles. The summed E-state index contributed by atoms with van der Waals surface area (Å²) in [7, 11) is 1.54. The summed E-state index contributed by atoms with van der Waals surface area (Å²) in [4.78, 5) is 27.2. The van der Waals surface area contributed by atoms with Crippen LogP contribution in [0.15, 0.2) is 54.6 Å². The molecule has 0 aliphatic rings. The zero-order valence-electron chi connectivity index (χ0n) is 20.7. The molecule has 0 saturated heterocycles. The third-order valence-corrected chi connectivity index (χ3v) is 5.38. The number of nitrogens with one attached hydrogen (secondary N) is 2. The van der Waals surface area contributed by atoms with Crippen LogP contribution in [0.25, 0.3) is 5.69 Å². The van der Waals surface area contributed by atoms with Crippen molar-refractivity contribution in [3.63, 3.8) is 0 Å². The molecule has 1 aromatic heterocycles. The number of hydrogen-bond donors (Lipinski definition) is 2. The Labute approximate surface area is 200 Å². The lowest BCUT2D eigenvalue weighted by Crippen LogP contribution is -2.40. The number of benzene rings is 2. The molecule has 8 heteroatoms. The molecule has 0 saturated carbocycles. The number of aromatic nitrogens is 2. The summed E-state index contributed by atoms with van der Waals surface area (Å²) in [6.07, 6.45) is 0. The molecule has 3 rings (SSSR count). The maximum Gasteiger partial charge on any atom is 0.322 e. The average Bonchev–Trinajstić information content (AvgIpc) is 3.22. The summed E-state index contributed by atoms with van der Waals surface area (Å²) in [5.41, 5.74) is 3.18. The number of urea groups is 1. The van der Waals surface area contributed by atoms with Crippen LogP contribution < -0.4 is 15.4 Å². The van der Waals surface area contributed by atoms with Crippen LogP contribution in [0, 0.1) is 6.92 Å². The van der Waals surface area contributed by atoms with Crippen LogP contribution in [-0.4, -0.2) is 46.8 Å². The lowest BCUT2D eigenvalue weighted by molar-refractivity contribution is -0.116. The van der Waals surface area contributed by atoms with Crippen LogP contribution in [0.5, 0.6) is 5.75 Å². The van der Waals surface area contributed by atoms with E-state index < -0.39 is 0 Å². The number of ether oxygens (including phenoxy) is 1. The van der Waals surface area contributed by atoms with E-state index >= 15 is 0 Å². The Balaban J connectivity index is 1.78. The standard InChI is InChI=1S/C26H33N5O3/c1-7-30(25(33)27-20-10-8-9-11-21(20)34-6)17-24(32)28-23-16-22(26(3,4)5)29-31(23)19-14-12-18(2)13-15-19/h8-16H,7,17H2,1-6H3,(H,27,33)(H,28,32). The van der Waals surface area contributed by atoms with Gasteiger partial charge in [-0.3, -0.25) is 4.79 Å². The fourth-order valence-corrected chi connectivity index (χ4v) is 3.34. The second-order valence-electron chi connectivity index (χ2n) is 9.10. The quantitative estimate of drug-likeness (QED) is 0.517. The maximum atomic E-state index is 13.0. The highest BCUT2D eigenvalue weighted by molar-refractivity contribution is 5.97. The smallest absolute Gasteiger partial charge is 0.322 e. The Kier molecular flexibility index (Phi) is 7.61.